The van der Waals surface area contributed by atoms with Crippen molar-refractivity contribution in [2.45, 2.75) is 84.7 Å². The van der Waals surface area contributed by atoms with Gasteiger partial charge in [-0.15, -0.1) is 0 Å². The number of carbonyl (C=O) groups excluding carboxylic acids is 3. The second-order valence-corrected chi connectivity index (χ2v) is 11.6. The first-order valence-electron chi connectivity index (χ1n) is 13.5. The molecule has 3 rings (SSSR count). The van der Waals surface area contributed by atoms with Gasteiger partial charge in [0.05, 0.1) is 11.4 Å². The van der Waals surface area contributed by atoms with E-state index >= 15 is 4.39 Å². The summed E-state index contributed by atoms with van der Waals surface area (Å²) in [4.78, 5) is 41.5. The molecule has 1 saturated carbocycles. The van der Waals surface area contributed by atoms with E-state index in [1.54, 1.807) is 6.07 Å². The number of benzene rings is 1. The Morgan fingerprint density at radius 1 is 1.11 bits per heavy atom. The lowest BCUT2D eigenvalue weighted by Crippen LogP contribution is -2.51. The molecule has 4 N–H and O–H groups in total. The maximum Gasteiger partial charge on any atom is 0.273 e. The minimum absolute atomic E-state index is 0.00536. The van der Waals surface area contributed by atoms with E-state index < -0.39 is 23.7 Å². The van der Waals surface area contributed by atoms with Crippen LogP contribution in [-0.4, -0.2) is 40.7 Å². The molecule has 1 aliphatic carbocycles. The summed E-state index contributed by atoms with van der Waals surface area (Å²) >= 11 is 0.792. The molecule has 0 spiro atoms. The van der Waals surface area contributed by atoms with E-state index in [9.17, 15) is 14.4 Å². The molecule has 1 atom stereocenters. The maximum atomic E-state index is 15.1. The minimum atomic E-state index is -0.979. The fourth-order valence-corrected chi connectivity index (χ4v) is 5.40. The van der Waals surface area contributed by atoms with E-state index in [0.29, 0.717) is 18.9 Å². The molecule has 1 fully saturated rings. The number of nitrogens with two attached hydrogens (primary N) is 1. The van der Waals surface area contributed by atoms with Crippen LogP contribution in [0.3, 0.4) is 0 Å². The molecule has 1 heterocycles. The number of para-hydroxylation sites is 1. The fourth-order valence-electron chi connectivity index (χ4n) is 4.67. The first-order valence-corrected chi connectivity index (χ1v) is 14.3. The summed E-state index contributed by atoms with van der Waals surface area (Å²) in [6.07, 6.45) is 6.12. The van der Waals surface area contributed by atoms with Gasteiger partial charge in [-0.1, -0.05) is 59.1 Å². The van der Waals surface area contributed by atoms with Gasteiger partial charge in [0.25, 0.3) is 11.8 Å². The molecule has 1 aromatic heterocycles. The normalized spacial score (nSPS) is 14.9. The molecule has 38 heavy (non-hydrogen) atoms. The molecule has 0 aliphatic heterocycles. The molecule has 10 heteroatoms. The van der Waals surface area contributed by atoms with E-state index in [2.05, 4.69) is 28.9 Å². The smallest absolute Gasteiger partial charge is 0.273 e. The average Bonchev–Trinajstić information content (AvgIpc) is 3.26. The zero-order valence-electron chi connectivity index (χ0n) is 22.8. The zero-order valence-corrected chi connectivity index (χ0v) is 23.6. The quantitative estimate of drug-likeness (QED) is 0.361. The number of nitrogens with one attached hydrogen (secondary N) is 2. The van der Waals surface area contributed by atoms with Crippen molar-refractivity contribution in [2.24, 2.45) is 11.8 Å². The summed E-state index contributed by atoms with van der Waals surface area (Å²) in [5, 5.41) is 5.89. The highest BCUT2D eigenvalue weighted by Gasteiger charge is 2.36. The highest BCUT2D eigenvalue weighted by molar-refractivity contribution is 7.09. The number of hydrogen-bond donors (Lipinski definition) is 3. The second-order valence-electron chi connectivity index (χ2n) is 10.8. The largest absolute Gasteiger partial charge is 0.395 e. The number of halogens is 1. The van der Waals surface area contributed by atoms with Gasteiger partial charge in [0.1, 0.15) is 16.7 Å². The number of nitrogens with zero attached hydrogens (tertiary/aromatic N) is 2. The number of aromatic nitrogens is 1. The zero-order chi connectivity index (χ0) is 27.8. The first kappa shape index (κ1) is 29.5. The summed E-state index contributed by atoms with van der Waals surface area (Å²) in [6, 6.07) is 4.93. The SMILES string of the molecule is CC(C)CCNC(=O)[C@@H](CC(C)C)N(C(=O)c1snc(C(=O)NC2CCCCC2)c1N)c1ccccc1F. The van der Waals surface area contributed by atoms with Crippen molar-refractivity contribution >= 4 is 40.6 Å². The highest BCUT2D eigenvalue weighted by atomic mass is 32.1. The van der Waals surface area contributed by atoms with Crippen LogP contribution < -0.4 is 21.3 Å². The summed E-state index contributed by atoms with van der Waals surface area (Å²) < 4.78 is 19.3. The first-order chi connectivity index (χ1) is 18.1. The summed E-state index contributed by atoms with van der Waals surface area (Å²) in [5.74, 6) is -1.66. The highest BCUT2D eigenvalue weighted by Crippen LogP contribution is 2.31. The van der Waals surface area contributed by atoms with Gasteiger partial charge < -0.3 is 16.4 Å². The van der Waals surface area contributed by atoms with Gasteiger partial charge in [0.15, 0.2) is 5.69 Å². The monoisotopic (exact) mass is 545 g/mol. The lowest BCUT2D eigenvalue weighted by molar-refractivity contribution is -0.122. The molecule has 0 radical (unpaired) electrons. The van der Waals surface area contributed by atoms with Gasteiger partial charge in [0.2, 0.25) is 5.91 Å². The van der Waals surface area contributed by atoms with Gasteiger partial charge >= 0.3 is 0 Å². The number of rotatable bonds is 11. The van der Waals surface area contributed by atoms with Crippen molar-refractivity contribution in [3.63, 3.8) is 0 Å². The van der Waals surface area contributed by atoms with Gasteiger partial charge in [-0.25, -0.2) is 4.39 Å². The Bertz CT molecular complexity index is 1110. The Morgan fingerprint density at radius 3 is 2.42 bits per heavy atom. The summed E-state index contributed by atoms with van der Waals surface area (Å²) in [7, 11) is 0. The molecule has 0 bridgehead atoms. The van der Waals surface area contributed by atoms with E-state index in [4.69, 9.17) is 5.73 Å². The van der Waals surface area contributed by atoms with E-state index in [0.717, 1.165) is 50.1 Å². The predicted octanol–water partition coefficient (Wildman–Crippen LogP) is 5.15. The molecule has 2 aromatic rings. The molecule has 8 nitrogen and oxygen atoms in total. The summed E-state index contributed by atoms with van der Waals surface area (Å²) in [5.41, 5.74) is 6.20. The van der Waals surface area contributed by atoms with Crippen molar-refractivity contribution in [2.75, 3.05) is 17.2 Å². The second kappa shape index (κ2) is 13.7. The van der Waals surface area contributed by atoms with Crippen LogP contribution in [0.5, 0.6) is 0 Å². The van der Waals surface area contributed by atoms with Gasteiger partial charge in [-0.2, -0.15) is 4.37 Å². The van der Waals surface area contributed by atoms with Crippen LogP contribution in [-0.2, 0) is 4.79 Å². The topological polar surface area (TPSA) is 117 Å². The number of amides is 3. The molecule has 3 amide bonds. The standard InChI is InChI=1S/C28H40FN5O3S/c1-17(2)14-15-31-26(35)22(16-18(3)4)34(21-13-9-8-12-20(21)29)28(37)25-23(30)24(33-38-25)27(36)32-19-10-6-5-7-11-19/h8-9,12-13,17-19,22H,5-7,10-11,14-16,30H2,1-4H3,(H,31,35)(H,32,36)/t22-/m1/s1. The van der Waals surface area contributed by atoms with Crippen LogP contribution in [0.4, 0.5) is 15.8 Å². The van der Waals surface area contributed by atoms with Crippen LogP contribution in [0.1, 0.15) is 92.8 Å². The molecule has 0 saturated heterocycles. The fraction of sp³-hybridized carbons (Fsp3) is 0.571. The molecule has 208 valence electrons. The summed E-state index contributed by atoms with van der Waals surface area (Å²) in [6.45, 7) is 8.43. The number of carbonyl (C=O) groups is 3. The van der Waals surface area contributed by atoms with Crippen LogP contribution >= 0.6 is 11.5 Å². The van der Waals surface area contributed by atoms with Gasteiger partial charge in [0, 0.05) is 12.6 Å². The van der Waals surface area contributed by atoms with Crippen LogP contribution in [0, 0.1) is 17.7 Å². The Labute approximate surface area is 228 Å². The van der Waals surface area contributed by atoms with E-state index in [1.165, 1.54) is 23.1 Å². The van der Waals surface area contributed by atoms with Crippen molar-refractivity contribution < 1.29 is 18.8 Å². The predicted molar refractivity (Wildman–Crippen MR) is 150 cm³/mol. The Morgan fingerprint density at radius 2 is 1.79 bits per heavy atom. The van der Waals surface area contributed by atoms with Crippen molar-refractivity contribution in [1.29, 1.82) is 0 Å². The Kier molecular flexibility index (Phi) is 10.6. The van der Waals surface area contributed by atoms with Crippen molar-refractivity contribution in [1.82, 2.24) is 15.0 Å². The third-order valence-corrected chi connectivity index (χ3v) is 7.59. The van der Waals surface area contributed by atoms with Gasteiger partial charge in [-0.05, 0) is 61.2 Å². The third kappa shape index (κ3) is 7.52. The van der Waals surface area contributed by atoms with E-state index in [1.807, 2.05) is 13.8 Å². The lowest BCUT2D eigenvalue weighted by Gasteiger charge is -2.32. The Balaban J connectivity index is 1.95. The maximum absolute atomic E-state index is 15.1. The van der Waals surface area contributed by atoms with Crippen LogP contribution in [0.15, 0.2) is 24.3 Å². The average molecular weight is 546 g/mol. The van der Waals surface area contributed by atoms with Crippen molar-refractivity contribution in [3.8, 4) is 0 Å². The lowest BCUT2D eigenvalue weighted by atomic mass is 9.95. The molecule has 0 unspecified atom stereocenters. The van der Waals surface area contributed by atoms with Crippen LogP contribution in [0.25, 0.3) is 0 Å². The third-order valence-electron chi connectivity index (χ3n) is 6.74. The molecular weight excluding hydrogens is 505 g/mol. The number of anilines is 2. The van der Waals surface area contributed by atoms with Crippen LogP contribution in [0.2, 0.25) is 0 Å². The minimum Gasteiger partial charge on any atom is -0.395 e. The van der Waals surface area contributed by atoms with Crippen molar-refractivity contribution in [3.05, 3.63) is 40.7 Å². The Hall–Kier alpha value is -3.01. The van der Waals surface area contributed by atoms with E-state index in [-0.39, 0.29) is 39.8 Å². The molecular formula is C28H40FN5O3S. The number of nitrogen functional groups attached to an aromatic ring is 1. The molecule has 1 aromatic carbocycles. The van der Waals surface area contributed by atoms with Gasteiger partial charge in [-0.3, -0.25) is 19.3 Å². The number of hydrogen-bond acceptors (Lipinski definition) is 6. The molecule has 1 aliphatic rings.